The van der Waals surface area contributed by atoms with Gasteiger partial charge >= 0.3 is 0 Å². The van der Waals surface area contributed by atoms with E-state index in [1.807, 2.05) is 38.1 Å². The quantitative estimate of drug-likeness (QED) is 0.567. The lowest BCUT2D eigenvalue weighted by molar-refractivity contribution is 0.464. The summed E-state index contributed by atoms with van der Waals surface area (Å²) >= 11 is 6.21. The fraction of sp³-hybridized carbons (Fsp3) is 0.238. The number of rotatable bonds is 5. The van der Waals surface area contributed by atoms with Gasteiger partial charge in [0.25, 0.3) is 0 Å². The van der Waals surface area contributed by atoms with E-state index in [0.717, 1.165) is 21.8 Å². The number of nitrogens with two attached hydrogens (primary N) is 1. The van der Waals surface area contributed by atoms with E-state index in [-0.39, 0.29) is 0 Å². The predicted octanol–water partition coefficient (Wildman–Crippen LogP) is 5.99. The molecule has 0 radical (unpaired) electrons. The Balaban J connectivity index is 1.83. The van der Waals surface area contributed by atoms with Crippen LogP contribution in [0.5, 0.6) is 11.6 Å². The van der Waals surface area contributed by atoms with E-state index in [4.69, 9.17) is 22.1 Å². The second kappa shape index (κ2) is 7.84. The minimum absolute atomic E-state index is 0.299. The molecule has 3 rings (SSSR count). The summed E-state index contributed by atoms with van der Waals surface area (Å²) in [5, 5.41) is 3.95. The summed E-state index contributed by atoms with van der Waals surface area (Å²) in [5.41, 5.74) is 10.6. The maximum absolute atomic E-state index is 6.22. The molecule has 6 heteroatoms. The SMILES string of the molecule is Cc1cc(Oc2ncnc(Nc3ccc(C(C)C)cc3)c2N)cc(C)c1Cl. The highest BCUT2D eigenvalue weighted by Gasteiger charge is 2.12. The third-order valence-corrected chi connectivity index (χ3v) is 4.91. The molecular weight excluding hydrogens is 360 g/mol. The van der Waals surface area contributed by atoms with E-state index >= 15 is 0 Å². The monoisotopic (exact) mass is 382 g/mol. The molecule has 0 fully saturated rings. The molecule has 0 spiro atoms. The van der Waals surface area contributed by atoms with Crippen molar-refractivity contribution in [3.63, 3.8) is 0 Å². The van der Waals surface area contributed by atoms with Crippen molar-refractivity contribution in [1.29, 1.82) is 0 Å². The molecule has 0 atom stereocenters. The van der Waals surface area contributed by atoms with Gasteiger partial charge in [-0.1, -0.05) is 37.6 Å². The lowest BCUT2D eigenvalue weighted by atomic mass is 10.0. The zero-order valence-corrected chi connectivity index (χ0v) is 16.6. The van der Waals surface area contributed by atoms with Gasteiger partial charge in [0.1, 0.15) is 17.8 Å². The Morgan fingerprint density at radius 2 is 1.67 bits per heavy atom. The third kappa shape index (κ3) is 4.31. The highest BCUT2D eigenvalue weighted by atomic mass is 35.5. The maximum Gasteiger partial charge on any atom is 0.248 e. The molecule has 2 aromatic carbocycles. The van der Waals surface area contributed by atoms with E-state index < -0.39 is 0 Å². The minimum Gasteiger partial charge on any atom is -0.437 e. The zero-order chi connectivity index (χ0) is 19.6. The highest BCUT2D eigenvalue weighted by molar-refractivity contribution is 6.32. The summed E-state index contributed by atoms with van der Waals surface area (Å²) in [4.78, 5) is 8.40. The first-order chi connectivity index (χ1) is 12.8. The Morgan fingerprint density at radius 1 is 1.04 bits per heavy atom. The normalized spacial score (nSPS) is 10.9. The first-order valence-electron chi connectivity index (χ1n) is 8.77. The van der Waals surface area contributed by atoms with E-state index in [0.29, 0.717) is 29.1 Å². The molecule has 0 aliphatic rings. The fourth-order valence-corrected chi connectivity index (χ4v) is 2.83. The molecule has 140 valence electrons. The Bertz CT molecular complexity index is 932. The van der Waals surface area contributed by atoms with E-state index in [9.17, 15) is 0 Å². The molecular formula is C21H23ClN4O. The Kier molecular flexibility index (Phi) is 5.51. The van der Waals surface area contributed by atoms with Crippen LogP contribution in [0.3, 0.4) is 0 Å². The zero-order valence-electron chi connectivity index (χ0n) is 15.9. The lowest BCUT2D eigenvalue weighted by Crippen LogP contribution is -2.03. The van der Waals surface area contributed by atoms with E-state index in [1.165, 1.54) is 11.9 Å². The molecule has 0 saturated heterocycles. The number of nitrogens with zero attached hydrogens (tertiary/aromatic N) is 2. The molecule has 1 heterocycles. The number of aromatic nitrogens is 2. The number of aryl methyl sites for hydroxylation is 2. The molecule has 0 aliphatic heterocycles. The summed E-state index contributed by atoms with van der Waals surface area (Å²) < 4.78 is 5.88. The van der Waals surface area contributed by atoms with Crippen LogP contribution in [0.25, 0.3) is 0 Å². The second-order valence-corrected chi connectivity index (χ2v) is 7.19. The van der Waals surface area contributed by atoms with Crippen molar-refractivity contribution < 1.29 is 4.74 Å². The summed E-state index contributed by atoms with van der Waals surface area (Å²) in [5.74, 6) is 1.91. The van der Waals surface area contributed by atoms with Crippen molar-refractivity contribution in [2.75, 3.05) is 11.1 Å². The molecule has 0 aliphatic carbocycles. The lowest BCUT2D eigenvalue weighted by Gasteiger charge is -2.13. The molecule has 0 amide bonds. The van der Waals surface area contributed by atoms with Crippen molar-refractivity contribution in [2.24, 2.45) is 0 Å². The van der Waals surface area contributed by atoms with Crippen LogP contribution in [-0.2, 0) is 0 Å². The van der Waals surface area contributed by atoms with Crippen LogP contribution in [0, 0.1) is 13.8 Å². The molecule has 3 aromatic rings. The number of hydrogen-bond donors (Lipinski definition) is 2. The largest absolute Gasteiger partial charge is 0.437 e. The molecule has 0 bridgehead atoms. The number of ether oxygens (including phenoxy) is 1. The van der Waals surface area contributed by atoms with Gasteiger partial charge in [0, 0.05) is 10.7 Å². The number of anilines is 3. The summed E-state index contributed by atoms with van der Waals surface area (Å²) in [6.45, 7) is 8.18. The van der Waals surface area contributed by atoms with Crippen LogP contribution < -0.4 is 15.8 Å². The average molecular weight is 383 g/mol. The molecule has 3 N–H and O–H groups in total. The predicted molar refractivity (Wildman–Crippen MR) is 111 cm³/mol. The Hall–Kier alpha value is -2.79. The number of halogens is 1. The van der Waals surface area contributed by atoms with Crippen molar-refractivity contribution in [2.45, 2.75) is 33.6 Å². The number of benzene rings is 2. The summed E-state index contributed by atoms with van der Waals surface area (Å²) in [6.07, 6.45) is 1.42. The number of nitrogen functional groups attached to an aromatic ring is 1. The fourth-order valence-electron chi connectivity index (χ4n) is 2.73. The van der Waals surface area contributed by atoms with Gasteiger partial charge in [0.2, 0.25) is 5.88 Å². The minimum atomic E-state index is 0.299. The van der Waals surface area contributed by atoms with Gasteiger partial charge in [0.15, 0.2) is 5.82 Å². The number of hydrogen-bond acceptors (Lipinski definition) is 5. The smallest absolute Gasteiger partial charge is 0.248 e. The Labute approximate surface area is 164 Å². The maximum atomic E-state index is 6.22. The van der Waals surface area contributed by atoms with Crippen LogP contribution in [0.1, 0.15) is 36.5 Å². The van der Waals surface area contributed by atoms with Gasteiger partial charge in [-0.3, -0.25) is 0 Å². The van der Waals surface area contributed by atoms with Crippen molar-refractivity contribution >= 4 is 28.8 Å². The molecule has 0 unspecified atom stereocenters. The van der Waals surface area contributed by atoms with Crippen molar-refractivity contribution in [3.05, 3.63) is 64.4 Å². The van der Waals surface area contributed by atoms with Crippen molar-refractivity contribution in [1.82, 2.24) is 9.97 Å². The Morgan fingerprint density at radius 3 is 2.26 bits per heavy atom. The first kappa shape index (κ1) is 19.0. The van der Waals surface area contributed by atoms with Crippen LogP contribution in [0.4, 0.5) is 17.2 Å². The van der Waals surface area contributed by atoms with E-state index in [2.05, 4.69) is 41.3 Å². The van der Waals surface area contributed by atoms with Crippen LogP contribution in [0.2, 0.25) is 5.02 Å². The molecule has 27 heavy (non-hydrogen) atoms. The van der Waals surface area contributed by atoms with E-state index in [1.54, 1.807) is 0 Å². The van der Waals surface area contributed by atoms with Crippen LogP contribution in [-0.4, -0.2) is 9.97 Å². The van der Waals surface area contributed by atoms with Gasteiger partial charge in [-0.05, 0) is 60.7 Å². The van der Waals surface area contributed by atoms with Gasteiger partial charge in [0.05, 0.1) is 0 Å². The van der Waals surface area contributed by atoms with Gasteiger partial charge < -0.3 is 15.8 Å². The summed E-state index contributed by atoms with van der Waals surface area (Å²) in [7, 11) is 0. The number of nitrogens with one attached hydrogen (secondary N) is 1. The molecule has 1 aromatic heterocycles. The first-order valence-corrected chi connectivity index (χ1v) is 9.15. The third-order valence-electron chi connectivity index (χ3n) is 4.31. The van der Waals surface area contributed by atoms with Gasteiger partial charge in [-0.15, -0.1) is 0 Å². The molecule has 0 saturated carbocycles. The second-order valence-electron chi connectivity index (χ2n) is 6.82. The van der Waals surface area contributed by atoms with Crippen LogP contribution >= 0.6 is 11.6 Å². The van der Waals surface area contributed by atoms with Gasteiger partial charge in [-0.2, -0.15) is 4.98 Å². The topological polar surface area (TPSA) is 73.1 Å². The standard InChI is InChI=1S/C21H23ClN4O/c1-12(2)15-5-7-16(8-6-15)26-20-19(23)21(25-11-24-20)27-17-9-13(3)18(22)14(4)10-17/h5-12H,23H2,1-4H3,(H,24,25,26). The van der Waals surface area contributed by atoms with Gasteiger partial charge in [-0.25, -0.2) is 4.98 Å². The molecule has 5 nitrogen and oxygen atoms in total. The van der Waals surface area contributed by atoms with Crippen LogP contribution in [0.15, 0.2) is 42.7 Å². The highest BCUT2D eigenvalue weighted by Crippen LogP contribution is 2.33. The van der Waals surface area contributed by atoms with Crippen molar-refractivity contribution in [3.8, 4) is 11.6 Å². The summed E-state index contributed by atoms with van der Waals surface area (Å²) in [6, 6.07) is 11.9. The average Bonchev–Trinajstić information content (AvgIpc) is 2.63.